The van der Waals surface area contributed by atoms with Gasteiger partial charge in [-0.25, -0.2) is 4.79 Å². The molecule has 2 saturated heterocycles. The Kier molecular flexibility index (Phi) is 4.24. The number of ether oxygens (including phenoxy) is 1. The van der Waals surface area contributed by atoms with Crippen LogP contribution in [-0.4, -0.2) is 33.9 Å². The summed E-state index contributed by atoms with van der Waals surface area (Å²) in [5.74, 6) is -1.56. The van der Waals surface area contributed by atoms with E-state index in [1.165, 1.54) is 0 Å². The van der Waals surface area contributed by atoms with Crippen LogP contribution in [0.2, 0.25) is 0 Å². The third-order valence-corrected chi connectivity index (χ3v) is 4.13. The van der Waals surface area contributed by atoms with E-state index in [2.05, 4.69) is 0 Å². The van der Waals surface area contributed by atoms with Crippen LogP contribution in [0.4, 0.5) is 0 Å². The Bertz CT molecular complexity index is 389. The lowest BCUT2D eigenvalue weighted by Crippen LogP contribution is -2.42. The Morgan fingerprint density at radius 2 is 2.11 bits per heavy atom. The molecule has 2 fully saturated rings. The zero-order chi connectivity index (χ0) is 13.9. The van der Waals surface area contributed by atoms with E-state index >= 15 is 0 Å². The third-order valence-electron chi connectivity index (χ3n) is 4.13. The molecule has 0 aliphatic carbocycles. The first kappa shape index (κ1) is 14.1. The Balaban J connectivity index is 1.78. The summed E-state index contributed by atoms with van der Waals surface area (Å²) in [6.07, 6.45) is 8.56. The zero-order valence-electron chi connectivity index (χ0n) is 10.9. The van der Waals surface area contributed by atoms with E-state index in [1.54, 1.807) is 0 Å². The molecular formula is C14H20O5. The van der Waals surface area contributed by atoms with Gasteiger partial charge in [0.15, 0.2) is 5.60 Å². The van der Waals surface area contributed by atoms with Crippen molar-refractivity contribution in [2.45, 2.75) is 56.7 Å². The molecule has 2 bridgehead atoms. The Morgan fingerprint density at radius 3 is 2.74 bits per heavy atom. The summed E-state index contributed by atoms with van der Waals surface area (Å²) in [4.78, 5) is 21.7. The van der Waals surface area contributed by atoms with Crippen molar-refractivity contribution in [2.24, 2.45) is 5.92 Å². The molecule has 3 atom stereocenters. The van der Waals surface area contributed by atoms with Crippen molar-refractivity contribution in [3.05, 3.63) is 12.2 Å². The molecular weight excluding hydrogens is 248 g/mol. The maximum Gasteiger partial charge on any atom is 0.336 e. The lowest BCUT2D eigenvalue weighted by molar-refractivity contribution is -0.161. The smallest absolute Gasteiger partial charge is 0.336 e. The van der Waals surface area contributed by atoms with Crippen LogP contribution in [0.3, 0.4) is 0 Å². The van der Waals surface area contributed by atoms with Gasteiger partial charge in [-0.15, -0.1) is 0 Å². The number of carboxylic acids is 2. The molecule has 2 heterocycles. The van der Waals surface area contributed by atoms with Gasteiger partial charge in [-0.1, -0.05) is 12.2 Å². The van der Waals surface area contributed by atoms with E-state index in [4.69, 9.17) is 9.84 Å². The van der Waals surface area contributed by atoms with E-state index in [1.807, 2.05) is 12.2 Å². The molecule has 0 amide bonds. The van der Waals surface area contributed by atoms with Gasteiger partial charge in [0.25, 0.3) is 0 Å². The maximum atomic E-state index is 11.4. The van der Waals surface area contributed by atoms with E-state index < -0.39 is 17.5 Å². The van der Waals surface area contributed by atoms with E-state index in [-0.39, 0.29) is 18.4 Å². The van der Waals surface area contributed by atoms with Crippen molar-refractivity contribution in [1.82, 2.24) is 0 Å². The summed E-state index contributed by atoms with van der Waals surface area (Å²) in [6, 6.07) is 0. The molecule has 2 aliphatic heterocycles. The first-order valence-corrected chi connectivity index (χ1v) is 6.82. The van der Waals surface area contributed by atoms with Crippen molar-refractivity contribution < 1.29 is 24.5 Å². The summed E-state index contributed by atoms with van der Waals surface area (Å²) >= 11 is 0. The van der Waals surface area contributed by atoms with Crippen molar-refractivity contribution >= 4 is 11.9 Å². The van der Waals surface area contributed by atoms with Gasteiger partial charge in [-0.2, -0.15) is 0 Å². The third kappa shape index (κ3) is 2.97. The predicted octanol–water partition coefficient (Wildman–Crippen LogP) is 2.21. The van der Waals surface area contributed by atoms with Crippen LogP contribution < -0.4 is 0 Å². The molecule has 106 valence electrons. The largest absolute Gasteiger partial charge is 0.481 e. The highest BCUT2D eigenvalue weighted by Crippen LogP contribution is 2.49. The highest BCUT2D eigenvalue weighted by molar-refractivity contribution is 5.79. The molecule has 0 radical (unpaired) electrons. The maximum absolute atomic E-state index is 11.4. The number of unbranched alkanes of at least 4 members (excludes halogenated alkanes) is 1. The summed E-state index contributed by atoms with van der Waals surface area (Å²) in [7, 11) is 0. The number of carbonyl (C=O) groups is 2. The lowest BCUT2D eigenvalue weighted by atomic mass is 9.76. The Morgan fingerprint density at radius 1 is 1.32 bits per heavy atom. The highest BCUT2D eigenvalue weighted by Gasteiger charge is 2.58. The van der Waals surface area contributed by atoms with Gasteiger partial charge in [0.1, 0.15) is 0 Å². The van der Waals surface area contributed by atoms with Gasteiger partial charge in [0.05, 0.1) is 6.10 Å². The fourth-order valence-corrected chi connectivity index (χ4v) is 3.13. The number of hydrogen-bond acceptors (Lipinski definition) is 3. The molecule has 2 aliphatic rings. The van der Waals surface area contributed by atoms with E-state index in [0.29, 0.717) is 19.3 Å². The van der Waals surface area contributed by atoms with E-state index in [9.17, 15) is 14.7 Å². The van der Waals surface area contributed by atoms with Crippen LogP contribution in [0.15, 0.2) is 12.2 Å². The van der Waals surface area contributed by atoms with Crippen molar-refractivity contribution in [1.29, 1.82) is 0 Å². The molecule has 5 nitrogen and oxygen atoms in total. The number of fused-ring (bicyclic) bond motifs is 2. The van der Waals surface area contributed by atoms with Gasteiger partial charge in [-0.05, 0) is 38.5 Å². The summed E-state index contributed by atoms with van der Waals surface area (Å²) in [6.45, 7) is 0. The fourth-order valence-electron chi connectivity index (χ4n) is 3.13. The number of hydrogen-bond donors (Lipinski definition) is 2. The normalized spacial score (nSPS) is 33.1. The lowest BCUT2D eigenvalue weighted by Gasteiger charge is -2.27. The fraction of sp³-hybridized carbons (Fsp3) is 0.714. The number of allylic oxidation sites excluding steroid dienone is 2. The van der Waals surface area contributed by atoms with Crippen LogP contribution in [0.5, 0.6) is 0 Å². The molecule has 0 saturated carbocycles. The van der Waals surface area contributed by atoms with Crippen LogP contribution in [0.1, 0.15) is 44.9 Å². The van der Waals surface area contributed by atoms with Crippen molar-refractivity contribution in [3.8, 4) is 0 Å². The topological polar surface area (TPSA) is 83.8 Å². The molecule has 0 aromatic carbocycles. The standard InChI is InChI=1S/C14H20O5/c15-12(16)6-4-2-1-3-5-10-9-11-7-8-14(10,19-11)13(17)18/h1,3,10-11H,2,4-9H2,(H,15,16)(H,17,18). The quantitative estimate of drug-likeness (QED) is 0.546. The van der Waals surface area contributed by atoms with Crippen LogP contribution in [0, 0.1) is 5.92 Å². The number of aliphatic carboxylic acids is 2. The Hall–Kier alpha value is -1.36. The molecule has 2 N–H and O–H groups in total. The SMILES string of the molecule is O=C(O)CCCC=CCC1CC2CCC1(C(=O)O)O2. The molecule has 3 unspecified atom stereocenters. The first-order valence-electron chi connectivity index (χ1n) is 6.82. The Labute approximate surface area is 112 Å². The van der Waals surface area contributed by atoms with Gasteiger partial charge < -0.3 is 14.9 Å². The van der Waals surface area contributed by atoms with Gasteiger partial charge in [0.2, 0.25) is 0 Å². The second kappa shape index (κ2) is 5.74. The molecule has 0 spiro atoms. The second-order valence-corrected chi connectivity index (χ2v) is 5.40. The zero-order valence-corrected chi connectivity index (χ0v) is 10.9. The molecule has 2 rings (SSSR count). The minimum atomic E-state index is -0.962. The van der Waals surface area contributed by atoms with Crippen molar-refractivity contribution in [3.63, 3.8) is 0 Å². The monoisotopic (exact) mass is 268 g/mol. The average Bonchev–Trinajstić information content (AvgIpc) is 2.92. The highest BCUT2D eigenvalue weighted by atomic mass is 16.5. The summed E-state index contributed by atoms with van der Waals surface area (Å²) in [5.41, 5.74) is -0.962. The number of carboxylic acid groups (broad SMARTS) is 2. The summed E-state index contributed by atoms with van der Waals surface area (Å²) < 4.78 is 5.63. The number of rotatable bonds is 7. The molecule has 0 aromatic rings. The summed E-state index contributed by atoms with van der Waals surface area (Å²) in [5, 5.41) is 17.9. The van der Waals surface area contributed by atoms with Gasteiger partial charge in [0, 0.05) is 12.3 Å². The van der Waals surface area contributed by atoms with Gasteiger partial charge >= 0.3 is 11.9 Å². The van der Waals surface area contributed by atoms with Crippen molar-refractivity contribution in [2.75, 3.05) is 0 Å². The minimum absolute atomic E-state index is 0.0551. The van der Waals surface area contributed by atoms with Crippen LogP contribution >= 0.6 is 0 Å². The van der Waals surface area contributed by atoms with Crippen LogP contribution in [-0.2, 0) is 14.3 Å². The average molecular weight is 268 g/mol. The minimum Gasteiger partial charge on any atom is -0.481 e. The second-order valence-electron chi connectivity index (χ2n) is 5.40. The first-order chi connectivity index (χ1) is 9.04. The van der Waals surface area contributed by atoms with Gasteiger partial charge in [-0.3, -0.25) is 4.79 Å². The predicted molar refractivity (Wildman–Crippen MR) is 67.8 cm³/mol. The molecule has 0 aromatic heterocycles. The van der Waals surface area contributed by atoms with E-state index in [0.717, 1.165) is 19.3 Å². The molecule has 19 heavy (non-hydrogen) atoms. The van der Waals surface area contributed by atoms with Crippen LogP contribution in [0.25, 0.3) is 0 Å². The molecule has 5 heteroatoms.